The van der Waals surface area contributed by atoms with Gasteiger partial charge in [-0.3, -0.25) is 0 Å². The summed E-state index contributed by atoms with van der Waals surface area (Å²) in [4.78, 5) is 6.42. The van der Waals surface area contributed by atoms with Gasteiger partial charge >= 0.3 is 0 Å². The molecule has 4 heteroatoms. The molecular weight excluding hydrogens is 254 g/mol. The number of benzene rings is 1. The summed E-state index contributed by atoms with van der Waals surface area (Å²) in [5.74, 6) is 0. The Kier molecular flexibility index (Phi) is 4.18. The molecule has 0 atom stereocenters. The number of hydrogen-bond donors (Lipinski definition) is 0. The van der Waals surface area contributed by atoms with E-state index in [0.29, 0.717) is 6.61 Å². The van der Waals surface area contributed by atoms with Crippen LogP contribution in [-0.2, 0) is 11.4 Å². The van der Waals surface area contributed by atoms with Crippen molar-refractivity contribution in [3.8, 4) is 0 Å². The van der Waals surface area contributed by atoms with Gasteiger partial charge in [0.05, 0.1) is 10.6 Å². The van der Waals surface area contributed by atoms with Crippen LogP contribution >= 0.6 is 22.9 Å². The maximum absolute atomic E-state index is 5.80. The van der Waals surface area contributed by atoms with Crippen LogP contribution in [0.1, 0.15) is 17.4 Å². The van der Waals surface area contributed by atoms with E-state index in [1.165, 1.54) is 0 Å². The molecule has 0 aliphatic carbocycles. The van der Waals surface area contributed by atoms with Crippen LogP contribution in [0.4, 0.5) is 0 Å². The molecule has 2 rings (SSSR count). The Bertz CT molecular complexity index is 491. The summed E-state index contributed by atoms with van der Waals surface area (Å²) in [6.45, 7) is 2.40. The van der Waals surface area contributed by atoms with E-state index < -0.39 is 0 Å². The predicted octanol–water partition coefficient (Wildman–Crippen LogP) is 4.34. The first-order chi connectivity index (χ1) is 8.25. The summed E-state index contributed by atoms with van der Waals surface area (Å²) >= 11 is 7.45. The van der Waals surface area contributed by atoms with E-state index in [1.807, 2.05) is 48.7 Å². The van der Waals surface area contributed by atoms with E-state index in [4.69, 9.17) is 16.4 Å². The van der Waals surface area contributed by atoms with Gasteiger partial charge in [-0.25, -0.2) is 0 Å². The van der Waals surface area contributed by atoms with Gasteiger partial charge in [0.15, 0.2) is 0 Å². The molecule has 1 aromatic carbocycles. The largest absolute Gasteiger partial charge is 0.391 e. The van der Waals surface area contributed by atoms with Gasteiger partial charge in [0.1, 0.15) is 6.61 Å². The minimum absolute atomic E-state index is 0.458. The average molecular weight is 266 g/mol. The monoisotopic (exact) mass is 265 g/mol. The Hall–Kier alpha value is -1.32. The SMILES string of the molecule is C/C(=N\OCc1ccc(Cl)cc1)c1cccs1. The fourth-order valence-corrected chi connectivity index (χ4v) is 2.11. The molecule has 0 bridgehead atoms. The van der Waals surface area contributed by atoms with E-state index in [0.717, 1.165) is 21.2 Å². The summed E-state index contributed by atoms with van der Waals surface area (Å²) in [5.41, 5.74) is 1.95. The van der Waals surface area contributed by atoms with E-state index in [-0.39, 0.29) is 0 Å². The van der Waals surface area contributed by atoms with Crippen molar-refractivity contribution in [1.82, 2.24) is 0 Å². The van der Waals surface area contributed by atoms with Crippen molar-refractivity contribution >= 4 is 28.6 Å². The van der Waals surface area contributed by atoms with Crippen LogP contribution in [0.25, 0.3) is 0 Å². The second kappa shape index (κ2) is 5.84. The molecule has 2 aromatic rings. The van der Waals surface area contributed by atoms with Gasteiger partial charge < -0.3 is 4.84 Å². The first-order valence-corrected chi connectivity index (χ1v) is 6.46. The zero-order valence-electron chi connectivity index (χ0n) is 9.39. The number of nitrogens with zero attached hydrogens (tertiary/aromatic N) is 1. The summed E-state index contributed by atoms with van der Waals surface area (Å²) in [6.07, 6.45) is 0. The molecule has 0 radical (unpaired) electrons. The third kappa shape index (κ3) is 3.58. The molecule has 0 fully saturated rings. The summed E-state index contributed by atoms with van der Waals surface area (Å²) in [7, 11) is 0. The van der Waals surface area contributed by atoms with Crippen molar-refractivity contribution in [3.63, 3.8) is 0 Å². The Labute approximate surface area is 109 Å². The molecule has 17 heavy (non-hydrogen) atoms. The molecule has 0 aliphatic heterocycles. The molecule has 2 nitrogen and oxygen atoms in total. The highest BCUT2D eigenvalue weighted by Gasteiger charge is 1.98. The molecular formula is C13H12ClNOS. The van der Waals surface area contributed by atoms with Crippen LogP contribution in [0.15, 0.2) is 46.9 Å². The Morgan fingerprint density at radius 2 is 2.06 bits per heavy atom. The highest BCUT2D eigenvalue weighted by atomic mass is 35.5. The first-order valence-electron chi connectivity index (χ1n) is 5.20. The van der Waals surface area contributed by atoms with Crippen molar-refractivity contribution in [2.24, 2.45) is 5.16 Å². The minimum Gasteiger partial charge on any atom is -0.391 e. The molecule has 0 saturated carbocycles. The standard InChI is InChI=1S/C13H12ClNOS/c1-10(13-3-2-8-17-13)15-16-9-11-4-6-12(14)7-5-11/h2-8H,9H2,1H3/b15-10+. The molecule has 0 spiro atoms. The van der Waals surface area contributed by atoms with Crippen LogP contribution in [-0.4, -0.2) is 5.71 Å². The zero-order valence-corrected chi connectivity index (χ0v) is 11.0. The average Bonchev–Trinajstić information content (AvgIpc) is 2.85. The van der Waals surface area contributed by atoms with Crippen LogP contribution < -0.4 is 0 Å². The van der Waals surface area contributed by atoms with Crippen LogP contribution in [0.5, 0.6) is 0 Å². The lowest BCUT2D eigenvalue weighted by Gasteiger charge is -2.01. The third-order valence-electron chi connectivity index (χ3n) is 2.22. The normalized spacial score (nSPS) is 11.5. The van der Waals surface area contributed by atoms with Crippen LogP contribution in [0.2, 0.25) is 5.02 Å². The van der Waals surface area contributed by atoms with E-state index in [1.54, 1.807) is 11.3 Å². The number of rotatable bonds is 4. The van der Waals surface area contributed by atoms with Crippen molar-refractivity contribution in [2.45, 2.75) is 13.5 Å². The lowest BCUT2D eigenvalue weighted by Crippen LogP contribution is -1.93. The van der Waals surface area contributed by atoms with Crippen molar-refractivity contribution in [2.75, 3.05) is 0 Å². The second-order valence-electron chi connectivity index (χ2n) is 3.55. The highest BCUT2D eigenvalue weighted by Crippen LogP contribution is 2.12. The number of thiophene rings is 1. The topological polar surface area (TPSA) is 21.6 Å². The van der Waals surface area contributed by atoms with Gasteiger partial charge in [-0.1, -0.05) is 35.0 Å². The summed E-state index contributed by atoms with van der Waals surface area (Å²) < 4.78 is 0. The molecule has 0 saturated heterocycles. The minimum atomic E-state index is 0.458. The van der Waals surface area contributed by atoms with Gasteiger partial charge in [-0.05, 0) is 36.1 Å². The molecule has 0 aliphatic rings. The molecule has 1 heterocycles. The number of oxime groups is 1. The van der Waals surface area contributed by atoms with Gasteiger partial charge in [0.2, 0.25) is 0 Å². The Morgan fingerprint density at radius 3 is 2.71 bits per heavy atom. The van der Waals surface area contributed by atoms with Crippen LogP contribution in [0, 0.1) is 0 Å². The fourth-order valence-electron chi connectivity index (χ4n) is 1.31. The lowest BCUT2D eigenvalue weighted by molar-refractivity contribution is 0.130. The molecule has 1 aromatic heterocycles. The zero-order chi connectivity index (χ0) is 12.1. The van der Waals surface area contributed by atoms with E-state index in [2.05, 4.69) is 5.16 Å². The van der Waals surface area contributed by atoms with Gasteiger partial charge in [-0.15, -0.1) is 11.3 Å². The summed E-state index contributed by atoms with van der Waals surface area (Å²) in [6, 6.07) is 11.6. The van der Waals surface area contributed by atoms with Gasteiger partial charge in [-0.2, -0.15) is 0 Å². The maximum atomic E-state index is 5.80. The second-order valence-corrected chi connectivity index (χ2v) is 4.94. The smallest absolute Gasteiger partial charge is 0.142 e. The Balaban J connectivity index is 1.91. The number of hydrogen-bond acceptors (Lipinski definition) is 3. The quantitative estimate of drug-likeness (QED) is 0.595. The first kappa shape index (κ1) is 12.1. The predicted molar refractivity (Wildman–Crippen MR) is 72.8 cm³/mol. The van der Waals surface area contributed by atoms with E-state index in [9.17, 15) is 0 Å². The number of halogens is 1. The van der Waals surface area contributed by atoms with Crippen LogP contribution in [0.3, 0.4) is 0 Å². The fraction of sp³-hybridized carbons (Fsp3) is 0.154. The maximum Gasteiger partial charge on any atom is 0.142 e. The Morgan fingerprint density at radius 1 is 1.29 bits per heavy atom. The molecule has 0 unspecified atom stereocenters. The van der Waals surface area contributed by atoms with E-state index >= 15 is 0 Å². The lowest BCUT2D eigenvalue weighted by atomic mass is 10.2. The summed E-state index contributed by atoms with van der Waals surface area (Å²) in [5, 5.41) is 6.83. The van der Waals surface area contributed by atoms with Crippen molar-refractivity contribution < 1.29 is 4.84 Å². The van der Waals surface area contributed by atoms with Crippen molar-refractivity contribution in [3.05, 3.63) is 57.2 Å². The molecule has 0 N–H and O–H groups in total. The van der Waals surface area contributed by atoms with Crippen molar-refractivity contribution in [1.29, 1.82) is 0 Å². The molecule has 88 valence electrons. The molecule has 0 amide bonds. The van der Waals surface area contributed by atoms with Gasteiger partial charge in [0, 0.05) is 5.02 Å². The third-order valence-corrected chi connectivity index (χ3v) is 3.45. The highest BCUT2D eigenvalue weighted by molar-refractivity contribution is 7.12. The van der Waals surface area contributed by atoms with Gasteiger partial charge in [0.25, 0.3) is 0 Å².